The van der Waals surface area contributed by atoms with Crippen LogP contribution >= 0.6 is 0 Å². The van der Waals surface area contributed by atoms with Gasteiger partial charge in [-0.3, -0.25) is 4.79 Å². The van der Waals surface area contributed by atoms with Gasteiger partial charge in [0.05, 0.1) is 0 Å². The molecular weight excluding hydrogens is 174 g/mol. The molecule has 0 saturated heterocycles. The Morgan fingerprint density at radius 1 is 1.29 bits per heavy atom. The Morgan fingerprint density at radius 3 is 2.64 bits per heavy atom. The van der Waals surface area contributed by atoms with E-state index in [2.05, 4.69) is 31.0 Å². The fourth-order valence-corrected chi connectivity index (χ4v) is 0.899. The molecule has 0 aliphatic rings. The summed E-state index contributed by atoms with van der Waals surface area (Å²) in [5, 5.41) is 2.67. The van der Waals surface area contributed by atoms with E-state index in [1.165, 1.54) is 0 Å². The zero-order valence-corrected chi connectivity index (χ0v) is 8.83. The van der Waals surface area contributed by atoms with Gasteiger partial charge in [-0.25, -0.2) is 0 Å². The van der Waals surface area contributed by atoms with Crippen LogP contribution in [0, 0.1) is 0 Å². The van der Waals surface area contributed by atoms with Crippen molar-refractivity contribution in [3.63, 3.8) is 0 Å². The summed E-state index contributed by atoms with van der Waals surface area (Å²) in [5.74, 6) is -0.0515. The highest BCUT2D eigenvalue weighted by molar-refractivity contribution is 5.87. The number of hydrogen-bond donors (Lipinski definition) is 1. The Hall–Kier alpha value is -1.31. The lowest BCUT2D eigenvalue weighted by molar-refractivity contribution is -0.116. The second-order valence-electron chi connectivity index (χ2n) is 2.89. The molecule has 0 heterocycles. The van der Waals surface area contributed by atoms with Crippen LogP contribution < -0.4 is 5.32 Å². The molecule has 0 radical (unpaired) electrons. The molecule has 1 N–H and O–H groups in total. The smallest absolute Gasteiger partial charge is 0.243 e. The fraction of sp³-hybridized carbons (Fsp3) is 0.417. The highest BCUT2D eigenvalue weighted by Gasteiger charge is 1.89. The zero-order chi connectivity index (χ0) is 10.6. The van der Waals surface area contributed by atoms with Gasteiger partial charge in [0.15, 0.2) is 0 Å². The van der Waals surface area contributed by atoms with Gasteiger partial charge in [-0.2, -0.15) is 0 Å². The van der Waals surface area contributed by atoms with Gasteiger partial charge in [0.1, 0.15) is 0 Å². The van der Waals surface area contributed by atoms with Crippen molar-refractivity contribution in [2.45, 2.75) is 26.2 Å². The van der Waals surface area contributed by atoms with Crippen molar-refractivity contribution in [3.8, 4) is 0 Å². The van der Waals surface area contributed by atoms with Crippen LogP contribution in [0.15, 0.2) is 37.0 Å². The predicted molar refractivity (Wildman–Crippen MR) is 61.0 cm³/mol. The number of rotatable bonds is 7. The fourth-order valence-electron chi connectivity index (χ4n) is 0.899. The van der Waals surface area contributed by atoms with E-state index in [0.717, 1.165) is 19.3 Å². The largest absolute Gasteiger partial charge is 0.349 e. The summed E-state index contributed by atoms with van der Waals surface area (Å²) in [6, 6.07) is 0. The lowest BCUT2D eigenvalue weighted by Crippen LogP contribution is -2.20. The highest BCUT2D eigenvalue weighted by Crippen LogP contribution is 1.93. The lowest BCUT2D eigenvalue weighted by Gasteiger charge is -1.94. The van der Waals surface area contributed by atoms with Gasteiger partial charge in [0.25, 0.3) is 0 Å². The van der Waals surface area contributed by atoms with Crippen molar-refractivity contribution in [2.75, 3.05) is 6.54 Å². The number of carbonyl (C=O) groups excluding carboxylic acids is 1. The number of hydrogen-bond acceptors (Lipinski definition) is 1. The van der Waals surface area contributed by atoms with E-state index in [4.69, 9.17) is 0 Å². The summed E-state index contributed by atoms with van der Waals surface area (Å²) in [4.78, 5) is 11.0. The number of carbonyl (C=O) groups is 1. The second-order valence-corrected chi connectivity index (χ2v) is 2.89. The minimum Gasteiger partial charge on any atom is -0.349 e. The van der Waals surface area contributed by atoms with Crippen LogP contribution in [-0.2, 0) is 4.79 Å². The van der Waals surface area contributed by atoms with Crippen molar-refractivity contribution in [3.05, 3.63) is 37.0 Å². The minimum atomic E-state index is -0.0515. The van der Waals surface area contributed by atoms with Gasteiger partial charge in [-0.15, -0.1) is 6.58 Å². The molecule has 0 aliphatic carbocycles. The molecule has 0 aromatic carbocycles. The van der Waals surface area contributed by atoms with Crippen LogP contribution in [0.4, 0.5) is 0 Å². The maximum atomic E-state index is 11.0. The third-order valence-electron chi connectivity index (χ3n) is 1.59. The number of nitrogens with one attached hydrogen (secondary N) is 1. The molecule has 0 rings (SSSR count). The molecule has 0 aromatic rings. The molecule has 2 nitrogen and oxygen atoms in total. The quantitative estimate of drug-likeness (QED) is 0.376. The molecular formula is C12H19NO. The topological polar surface area (TPSA) is 29.1 Å². The Bertz CT molecular complexity index is 216. The SMILES string of the molecule is C=CCNC(=O)C=CCCC=CCC. The number of allylic oxidation sites excluding steroid dienone is 3. The van der Waals surface area contributed by atoms with Crippen molar-refractivity contribution in [1.29, 1.82) is 0 Å². The molecule has 1 amide bonds. The maximum Gasteiger partial charge on any atom is 0.243 e. The van der Waals surface area contributed by atoms with Crippen molar-refractivity contribution >= 4 is 5.91 Å². The van der Waals surface area contributed by atoms with Crippen LogP contribution in [0.2, 0.25) is 0 Å². The molecule has 0 saturated carbocycles. The lowest BCUT2D eigenvalue weighted by atomic mass is 10.2. The van der Waals surface area contributed by atoms with Crippen molar-refractivity contribution in [1.82, 2.24) is 5.32 Å². The van der Waals surface area contributed by atoms with Gasteiger partial charge < -0.3 is 5.32 Å². The Morgan fingerprint density at radius 2 is 2.00 bits per heavy atom. The van der Waals surface area contributed by atoms with Crippen molar-refractivity contribution < 1.29 is 4.79 Å². The molecule has 0 aliphatic heterocycles. The van der Waals surface area contributed by atoms with Crippen LogP contribution in [0.25, 0.3) is 0 Å². The number of unbranched alkanes of at least 4 members (excludes halogenated alkanes) is 1. The van der Waals surface area contributed by atoms with E-state index in [0.29, 0.717) is 6.54 Å². The Kier molecular flexibility index (Phi) is 8.86. The highest BCUT2D eigenvalue weighted by atomic mass is 16.1. The Labute approximate surface area is 86.4 Å². The van der Waals surface area contributed by atoms with E-state index in [1.54, 1.807) is 12.2 Å². The molecule has 0 atom stereocenters. The van der Waals surface area contributed by atoms with Gasteiger partial charge in [-0.1, -0.05) is 31.2 Å². The summed E-state index contributed by atoms with van der Waals surface area (Å²) in [6.07, 6.45) is 12.4. The number of amides is 1. The molecule has 0 bridgehead atoms. The van der Waals surface area contributed by atoms with E-state index in [1.807, 2.05) is 6.08 Å². The van der Waals surface area contributed by atoms with Gasteiger partial charge >= 0.3 is 0 Å². The van der Waals surface area contributed by atoms with Crippen LogP contribution in [-0.4, -0.2) is 12.5 Å². The zero-order valence-electron chi connectivity index (χ0n) is 8.83. The normalized spacial score (nSPS) is 10.9. The standard InChI is InChI=1S/C12H19NO/c1-3-5-6-7-8-9-10-12(14)13-11-4-2/h4-6,9-10H,2-3,7-8,11H2,1H3,(H,13,14). The van der Waals surface area contributed by atoms with E-state index in [-0.39, 0.29) is 5.91 Å². The van der Waals surface area contributed by atoms with E-state index in [9.17, 15) is 4.79 Å². The third-order valence-corrected chi connectivity index (χ3v) is 1.59. The third kappa shape index (κ3) is 8.78. The van der Waals surface area contributed by atoms with E-state index < -0.39 is 0 Å². The maximum absolute atomic E-state index is 11.0. The molecule has 0 spiro atoms. The van der Waals surface area contributed by atoms with Crippen LogP contribution in [0.5, 0.6) is 0 Å². The summed E-state index contributed by atoms with van der Waals surface area (Å²) < 4.78 is 0. The summed E-state index contributed by atoms with van der Waals surface area (Å²) in [6.45, 7) is 6.15. The van der Waals surface area contributed by atoms with Crippen LogP contribution in [0.3, 0.4) is 0 Å². The summed E-state index contributed by atoms with van der Waals surface area (Å²) in [7, 11) is 0. The first kappa shape index (κ1) is 12.7. The molecule has 78 valence electrons. The van der Waals surface area contributed by atoms with Crippen LogP contribution in [0.1, 0.15) is 26.2 Å². The van der Waals surface area contributed by atoms with E-state index >= 15 is 0 Å². The second kappa shape index (κ2) is 9.78. The average Bonchev–Trinajstić information content (AvgIpc) is 2.20. The predicted octanol–water partition coefficient (Wildman–Crippen LogP) is 2.59. The monoisotopic (exact) mass is 193 g/mol. The summed E-state index contributed by atoms with van der Waals surface area (Å²) >= 11 is 0. The molecule has 0 aromatic heterocycles. The Balaban J connectivity index is 3.46. The molecule has 0 unspecified atom stereocenters. The first-order valence-corrected chi connectivity index (χ1v) is 5.01. The average molecular weight is 193 g/mol. The van der Waals surface area contributed by atoms with Crippen molar-refractivity contribution in [2.24, 2.45) is 0 Å². The first-order chi connectivity index (χ1) is 6.81. The first-order valence-electron chi connectivity index (χ1n) is 5.01. The minimum absolute atomic E-state index is 0.0515. The molecule has 14 heavy (non-hydrogen) atoms. The van der Waals surface area contributed by atoms with Gasteiger partial charge in [-0.05, 0) is 25.3 Å². The molecule has 2 heteroatoms. The summed E-state index contributed by atoms with van der Waals surface area (Å²) in [5.41, 5.74) is 0. The van der Waals surface area contributed by atoms with Gasteiger partial charge in [0.2, 0.25) is 5.91 Å². The van der Waals surface area contributed by atoms with Gasteiger partial charge in [0, 0.05) is 6.54 Å². The molecule has 0 fully saturated rings.